The molecule has 0 radical (unpaired) electrons. The zero-order chi connectivity index (χ0) is 10.4. The van der Waals surface area contributed by atoms with Gasteiger partial charge in [-0.15, -0.1) is 0 Å². The first-order valence-corrected chi connectivity index (χ1v) is 4.67. The summed E-state index contributed by atoms with van der Waals surface area (Å²) in [5.74, 6) is -0.239. The van der Waals surface area contributed by atoms with Crippen molar-refractivity contribution < 1.29 is 10.6 Å². The number of carbonyl (C=O) groups excluding carboxylic acids is 1. The quantitative estimate of drug-likeness (QED) is 0.579. The fourth-order valence-corrected chi connectivity index (χ4v) is 1.21. The van der Waals surface area contributed by atoms with E-state index >= 15 is 0 Å². The van der Waals surface area contributed by atoms with Crippen LogP contribution in [-0.4, -0.2) is 19.4 Å². The average molecular weight is 197 g/mol. The Bertz CT molecular complexity index is 300. The third kappa shape index (κ3) is 3.26. The molecule has 0 bridgehead atoms. The largest absolute Gasteiger partial charge is 0.320 e. The number of nitrogens with one attached hydrogen (secondary N) is 1. The molecule has 14 heavy (non-hydrogen) atoms. The third-order valence-corrected chi connectivity index (χ3v) is 2.00. The molecule has 1 rings (SSSR count). The Balaban J connectivity index is 0.00000196. The second-order valence-electron chi connectivity index (χ2n) is 3.14. The molecule has 0 fully saturated rings. The first-order valence-electron chi connectivity index (χ1n) is 4.67. The molecule has 3 heteroatoms. The van der Waals surface area contributed by atoms with E-state index in [1.807, 2.05) is 7.05 Å². The zero-order valence-corrected chi connectivity index (χ0v) is 8.22. The van der Waals surface area contributed by atoms with E-state index in [4.69, 9.17) is 0 Å². The molecule has 0 atom stereocenters. The minimum absolute atomic E-state index is 0. The van der Waals surface area contributed by atoms with Crippen LogP contribution in [0.2, 0.25) is 0 Å². The summed E-state index contributed by atoms with van der Waals surface area (Å²) in [6, 6.07) is 5.67. The highest BCUT2D eigenvalue weighted by atomic mass is 19.1. The summed E-state index contributed by atoms with van der Waals surface area (Å²) in [5.41, 5.74) is 0.586. The molecular weight excluding hydrogens is 181 g/mol. The maximum absolute atomic E-state index is 12.5. The van der Waals surface area contributed by atoms with Gasteiger partial charge in [0, 0.05) is 13.4 Å². The van der Waals surface area contributed by atoms with Crippen molar-refractivity contribution in [2.45, 2.75) is 12.8 Å². The molecule has 1 aromatic rings. The van der Waals surface area contributed by atoms with Gasteiger partial charge in [0.2, 0.25) is 0 Å². The van der Waals surface area contributed by atoms with Gasteiger partial charge in [0.05, 0.1) is 0 Å². The number of ketones is 1. The van der Waals surface area contributed by atoms with Crippen LogP contribution < -0.4 is 5.32 Å². The topological polar surface area (TPSA) is 29.1 Å². The SMILES string of the molecule is CNCCCC(=O)c1ccc(F)cc1.[HH]. The normalized spacial score (nSPS) is 10.1. The molecule has 1 N–H and O–H groups in total. The minimum atomic E-state index is -0.309. The minimum Gasteiger partial charge on any atom is -0.320 e. The second-order valence-corrected chi connectivity index (χ2v) is 3.14. The molecule has 0 spiro atoms. The fraction of sp³-hybridized carbons (Fsp3) is 0.364. The summed E-state index contributed by atoms with van der Waals surface area (Å²) in [4.78, 5) is 11.5. The predicted octanol–water partition coefficient (Wildman–Crippen LogP) is 2.25. The van der Waals surface area contributed by atoms with E-state index in [0.717, 1.165) is 13.0 Å². The lowest BCUT2D eigenvalue weighted by Crippen LogP contribution is -2.10. The third-order valence-electron chi connectivity index (χ3n) is 2.00. The summed E-state index contributed by atoms with van der Waals surface area (Å²) < 4.78 is 12.5. The Morgan fingerprint density at radius 2 is 2.07 bits per heavy atom. The van der Waals surface area contributed by atoms with Gasteiger partial charge in [0.25, 0.3) is 0 Å². The molecule has 1 aromatic carbocycles. The van der Waals surface area contributed by atoms with Crippen LogP contribution in [-0.2, 0) is 0 Å². The van der Waals surface area contributed by atoms with Crippen LogP contribution in [0.1, 0.15) is 24.6 Å². The highest BCUT2D eigenvalue weighted by molar-refractivity contribution is 5.95. The van der Waals surface area contributed by atoms with E-state index in [1.165, 1.54) is 24.3 Å². The van der Waals surface area contributed by atoms with Gasteiger partial charge in [0.1, 0.15) is 5.82 Å². The lowest BCUT2D eigenvalue weighted by atomic mass is 10.1. The lowest BCUT2D eigenvalue weighted by Gasteiger charge is -2.00. The molecule has 0 aliphatic heterocycles. The Hall–Kier alpha value is -1.22. The zero-order valence-electron chi connectivity index (χ0n) is 8.22. The maximum Gasteiger partial charge on any atom is 0.162 e. The summed E-state index contributed by atoms with van der Waals surface area (Å²) in [6.45, 7) is 0.826. The Kier molecular flexibility index (Phi) is 4.26. The molecule has 0 aliphatic carbocycles. The molecular formula is C11H16FNO. The van der Waals surface area contributed by atoms with Crippen molar-refractivity contribution in [2.24, 2.45) is 0 Å². The van der Waals surface area contributed by atoms with Crippen LogP contribution in [0.3, 0.4) is 0 Å². The summed E-state index contributed by atoms with van der Waals surface area (Å²) in [7, 11) is 1.85. The Labute approximate surface area is 84.6 Å². The highest BCUT2D eigenvalue weighted by Crippen LogP contribution is 2.06. The van der Waals surface area contributed by atoms with Gasteiger partial charge in [0.15, 0.2) is 5.78 Å². The van der Waals surface area contributed by atoms with Crippen LogP contribution in [0, 0.1) is 5.82 Å². The highest BCUT2D eigenvalue weighted by Gasteiger charge is 2.04. The molecule has 0 heterocycles. The Morgan fingerprint density at radius 3 is 2.64 bits per heavy atom. The molecule has 2 nitrogen and oxygen atoms in total. The molecule has 0 aliphatic rings. The number of hydrogen-bond acceptors (Lipinski definition) is 2. The number of Topliss-reactive ketones (excluding diaryl/α,β-unsaturated/α-hetero) is 1. The first kappa shape index (κ1) is 10.9. The lowest BCUT2D eigenvalue weighted by molar-refractivity contribution is 0.0980. The molecule has 0 amide bonds. The fourth-order valence-electron chi connectivity index (χ4n) is 1.21. The van der Waals surface area contributed by atoms with Gasteiger partial charge in [-0.05, 0) is 44.3 Å². The van der Waals surface area contributed by atoms with Gasteiger partial charge < -0.3 is 5.32 Å². The van der Waals surface area contributed by atoms with Crippen LogP contribution >= 0.6 is 0 Å². The van der Waals surface area contributed by atoms with Crippen molar-refractivity contribution in [3.8, 4) is 0 Å². The standard InChI is InChI=1S/C11H14FNO.H2/c1-13-8-2-3-11(14)9-4-6-10(12)7-5-9;/h4-7,13H,2-3,8H2,1H3;1H. The molecule has 0 unspecified atom stereocenters. The van der Waals surface area contributed by atoms with Crippen LogP contribution in [0.25, 0.3) is 0 Å². The van der Waals surface area contributed by atoms with E-state index in [1.54, 1.807) is 0 Å². The van der Waals surface area contributed by atoms with E-state index < -0.39 is 0 Å². The van der Waals surface area contributed by atoms with Crippen molar-refractivity contribution in [3.63, 3.8) is 0 Å². The number of hydrogen-bond donors (Lipinski definition) is 1. The van der Waals surface area contributed by atoms with Gasteiger partial charge >= 0.3 is 0 Å². The number of rotatable bonds is 5. The second kappa shape index (κ2) is 5.50. The molecule has 0 saturated carbocycles. The maximum atomic E-state index is 12.5. The van der Waals surface area contributed by atoms with E-state index in [9.17, 15) is 9.18 Å². The van der Waals surface area contributed by atoms with Gasteiger partial charge in [-0.2, -0.15) is 0 Å². The van der Waals surface area contributed by atoms with E-state index in [2.05, 4.69) is 5.32 Å². The number of benzene rings is 1. The number of carbonyl (C=O) groups is 1. The van der Waals surface area contributed by atoms with E-state index in [-0.39, 0.29) is 13.0 Å². The monoisotopic (exact) mass is 197 g/mol. The van der Waals surface area contributed by atoms with Crippen LogP contribution in [0.5, 0.6) is 0 Å². The van der Waals surface area contributed by atoms with Crippen LogP contribution in [0.4, 0.5) is 4.39 Å². The summed E-state index contributed by atoms with van der Waals surface area (Å²) in [6.07, 6.45) is 1.32. The molecule has 0 aromatic heterocycles. The van der Waals surface area contributed by atoms with Gasteiger partial charge in [-0.3, -0.25) is 4.79 Å². The van der Waals surface area contributed by atoms with Crippen molar-refractivity contribution in [2.75, 3.05) is 13.6 Å². The van der Waals surface area contributed by atoms with Crippen molar-refractivity contribution in [1.82, 2.24) is 5.32 Å². The molecule has 0 saturated heterocycles. The molecule has 78 valence electrons. The smallest absolute Gasteiger partial charge is 0.162 e. The number of halogens is 1. The Morgan fingerprint density at radius 1 is 1.43 bits per heavy atom. The first-order chi connectivity index (χ1) is 6.74. The summed E-state index contributed by atoms with van der Waals surface area (Å²) >= 11 is 0. The van der Waals surface area contributed by atoms with Crippen molar-refractivity contribution in [1.29, 1.82) is 0 Å². The van der Waals surface area contributed by atoms with Crippen molar-refractivity contribution in [3.05, 3.63) is 35.6 Å². The average Bonchev–Trinajstić information content (AvgIpc) is 2.19. The predicted molar refractivity (Wildman–Crippen MR) is 56.0 cm³/mol. The van der Waals surface area contributed by atoms with Gasteiger partial charge in [-0.1, -0.05) is 0 Å². The van der Waals surface area contributed by atoms with Crippen LogP contribution in [0.15, 0.2) is 24.3 Å². The van der Waals surface area contributed by atoms with E-state index in [0.29, 0.717) is 12.0 Å². The summed E-state index contributed by atoms with van der Waals surface area (Å²) in [5, 5.41) is 2.97. The van der Waals surface area contributed by atoms with Crippen molar-refractivity contribution >= 4 is 5.78 Å². The van der Waals surface area contributed by atoms with Gasteiger partial charge in [-0.25, -0.2) is 4.39 Å².